The van der Waals surface area contributed by atoms with Crippen molar-refractivity contribution in [2.24, 2.45) is 0 Å². The van der Waals surface area contributed by atoms with Gasteiger partial charge in [0.05, 0.1) is 0 Å². The summed E-state index contributed by atoms with van der Waals surface area (Å²) < 4.78 is 15.0. The molecule has 0 rings (SSSR count). The molecular formula is C10H12FeO4. The van der Waals surface area contributed by atoms with Crippen LogP contribution in [0.15, 0.2) is 24.3 Å². The molecule has 5 heteroatoms. The quantitative estimate of drug-likeness (QED) is 0.186. The zero-order chi connectivity index (χ0) is 12.2. The van der Waals surface area contributed by atoms with Gasteiger partial charge in [0.25, 0.3) is 0 Å². The fourth-order valence-corrected chi connectivity index (χ4v) is 0.221. The molecule has 0 radical (unpaired) electrons. The van der Waals surface area contributed by atoms with Crippen molar-refractivity contribution in [3.63, 3.8) is 0 Å². The summed E-state index contributed by atoms with van der Waals surface area (Å²) in [5, 5.41) is 0. The maximum absolute atomic E-state index is 9.56. The van der Waals surface area contributed by atoms with Crippen LogP contribution in [0.3, 0.4) is 0 Å². The van der Waals surface area contributed by atoms with Gasteiger partial charge >= 0.3 is 22.6 Å². The topological polar surface area (TPSA) is 73.9 Å². The molecule has 0 unspecified atom stereocenters. The molecule has 15 heavy (non-hydrogen) atoms. The third kappa shape index (κ3) is 189. The zero-order valence-electron chi connectivity index (χ0n) is 8.45. The fraction of sp³-hybridized carbons (Fsp3) is 0.200. The first-order chi connectivity index (χ1) is 6.83. The molecule has 0 saturated heterocycles. The van der Waals surface area contributed by atoms with E-state index in [1.54, 1.807) is 12.2 Å². The van der Waals surface area contributed by atoms with Gasteiger partial charge in [-0.3, -0.25) is 4.79 Å². The van der Waals surface area contributed by atoms with Crippen LogP contribution in [0.4, 0.5) is 0 Å². The Kier molecular flexibility index (Phi) is 150. The van der Waals surface area contributed by atoms with E-state index in [4.69, 9.17) is 14.1 Å². The van der Waals surface area contributed by atoms with Crippen molar-refractivity contribution in [1.29, 1.82) is 0 Å². The van der Waals surface area contributed by atoms with Gasteiger partial charge in [-0.25, -0.2) is 0 Å². The normalized spacial score (nSPS) is 6.27. The first kappa shape index (κ1) is 29.2. The van der Waals surface area contributed by atoms with Gasteiger partial charge in [-0.15, -0.1) is 0 Å². The van der Waals surface area contributed by atoms with Gasteiger partial charge in [0, 0.05) is 17.1 Å². The molecule has 0 spiro atoms. The van der Waals surface area contributed by atoms with E-state index in [9.17, 15) is 4.79 Å². The zero-order valence-corrected chi connectivity index (χ0v) is 9.55. The van der Waals surface area contributed by atoms with Gasteiger partial charge in [0.1, 0.15) is 12.6 Å². The maximum Gasteiger partial charge on any atom is 0 e. The number of hydrogen-bond donors (Lipinski definition) is 0. The van der Waals surface area contributed by atoms with Crippen molar-refractivity contribution in [2.75, 3.05) is 0 Å². The summed E-state index contributed by atoms with van der Waals surface area (Å²) in [5.41, 5.74) is 0. The van der Waals surface area contributed by atoms with Crippen molar-refractivity contribution in [1.82, 2.24) is 0 Å². The number of hydrogen-bond acceptors (Lipinski definition) is 2. The minimum absolute atomic E-state index is 0. The number of carbonyl (C=O) groups is 2. The van der Waals surface area contributed by atoms with Gasteiger partial charge in [-0.2, -0.15) is 0 Å². The van der Waals surface area contributed by atoms with E-state index >= 15 is 0 Å². The number of carbonyl (C=O) groups excluding carboxylic acids is 2. The first-order valence-electron chi connectivity index (χ1n) is 3.37. The average molecular weight is 252 g/mol. The predicted octanol–water partition coefficient (Wildman–Crippen LogP) is 1.45. The second kappa shape index (κ2) is 77.1. The van der Waals surface area contributed by atoms with E-state index in [-0.39, 0.29) is 17.1 Å². The van der Waals surface area contributed by atoms with Crippen molar-refractivity contribution in [2.45, 2.75) is 13.8 Å². The summed E-state index contributed by atoms with van der Waals surface area (Å²) in [6.07, 6.45) is 8.29. The molecule has 0 fully saturated rings. The Labute approximate surface area is 100 Å². The van der Waals surface area contributed by atoms with Gasteiger partial charge in [-0.05, 0) is 19.9 Å². The smallest absolute Gasteiger partial charge is 0 e. The van der Waals surface area contributed by atoms with Gasteiger partial charge in [0.15, 0.2) is 0 Å². The number of aldehydes is 2. The molecule has 0 aromatic rings. The molecule has 0 bridgehead atoms. The SMILES string of the molecule is C/C=C/C=C/C=O.CC=O.[C-]#[O+].[C-]#[O+].[Fe]. The van der Waals surface area contributed by atoms with E-state index in [1.165, 1.54) is 13.0 Å². The molecule has 0 aliphatic carbocycles. The summed E-state index contributed by atoms with van der Waals surface area (Å²) in [4.78, 5) is 18.4. The average Bonchev–Trinajstić information content (AvgIpc) is 2.26. The summed E-state index contributed by atoms with van der Waals surface area (Å²) in [7, 11) is 0. The van der Waals surface area contributed by atoms with Gasteiger partial charge < -0.3 is 4.79 Å². The molecule has 0 aromatic carbocycles. The standard InChI is InChI=1S/C6H8O.C2H4O.2CO.Fe/c1-2-3-4-5-6-7;1-2-3;2*1-2;/h2-6H,1H3;2H,1H3;;;/b3-2+,5-4+;;;;. The fourth-order valence-electron chi connectivity index (χ4n) is 0.221. The van der Waals surface area contributed by atoms with Crippen molar-refractivity contribution in [3.05, 3.63) is 37.6 Å². The molecule has 0 amide bonds. The molecule has 4 nitrogen and oxygen atoms in total. The molecule has 0 N–H and O–H groups in total. The molecule has 0 aliphatic heterocycles. The van der Waals surface area contributed by atoms with E-state index in [0.717, 1.165) is 12.6 Å². The molecule has 0 saturated carbocycles. The van der Waals surface area contributed by atoms with Crippen LogP contribution in [0.1, 0.15) is 13.8 Å². The molecule has 84 valence electrons. The van der Waals surface area contributed by atoms with Crippen LogP contribution in [0, 0.1) is 13.3 Å². The third-order valence-electron chi connectivity index (χ3n) is 0.493. The Morgan fingerprint density at radius 3 is 1.40 bits per heavy atom. The predicted molar refractivity (Wildman–Crippen MR) is 49.6 cm³/mol. The Balaban J connectivity index is -0.0000000357. The van der Waals surface area contributed by atoms with Crippen molar-refractivity contribution >= 4 is 12.6 Å². The monoisotopic (exact) mass is 252 g/mol. The second-order valence-electron chi connectivity index (χ2n) is 1.28. The Bertz CT molecular complexity index is 186. The minimum atomic E-state index is 0. The minimum Gasteiger partial charge on any atom is 0 e. The summed E-state index contributed by atoms with van der Waals surface area (Å²) in [5.74, 6) is 0. The third-order valence-corrected chi connectivity index (χ3v) is 0.493. The van der Waals surface area contributed by atoms with Gasteiger partial charge in [0.2, 0.25) is 0 Å². The Morgan fingerprint density at radius 2 is 1.20 bits per heavy atom. The molecule has 0 heterocycles. The first-order valence-corrected chi connectivity index (χ1v) is 3.37. The van der Waals surface area contributed by atoms with Crippen LogP contribution in [-0.4, -0.2) is 12.6 Å². The number of rotatable bonds is 2. The van der Waals surface area contributed by atoms with E-state index in [2.05, 4.69) is 13.3 Å². The molecule has 0 atom stereocenters. The number of allylic oxidation sites excluding steroid dienone is 4. The van der Waals surface area contributed by atoms with Gasteiger partial charge in [-0.1, -0.05) is 18.2 Å². The summed E-state index contributed by atoms with van der Waals surface area (Å²) in [6, 6.07) is 0. The van der Waals surface area contributed by atoms with Crippen LogP contribution < -0.4 is 0 Å². The van der Waals surface area contributed by atoms with E-state index in [1.807, 2.05) is 13.0 Å². The Morgan fingerprint density at radius 1 is 0.867 bits per heavy atom. The van der Waals surface area contributed by atoms with E-state index in [0.29, 0.717) is 0 Å². The van der Waals surface area contributed by atoms with Crippen molar-refractivity contribution < 1.29 is 36.0 Å². The molecule has 0 aromatic heterocycles. The Hall–Kier alpha value is -1.18. The molecule has 0 aliphatic rings. The summed E-state index contributed by atoms with van der Waals surface area (Å²) in [6.45, 7) is 12.3. The van der Waals surface area contributed by atoms with Crippen LogP contribution in [-0.2, 0) is 36.0 Å². The van der Waals surface area contributed by atoms with Crippen LogP contribution in [0.25, 0.3) is 0 Å². The van der Waals surface area contributed by atoms with Crippen LogP contribution >= 0.6 is 0 Å². The summed E-state index contributed by atoms with van der Waals surface area (Å²) >= 11 is 0. The van der Waals surface area contributed by atoms with Crippen LogP contribution in [0.5, 0.6) is 0 Å². The van der Waals surface area contributed by atoms with Crippen LogP contribution in [0.2, 0.25) is 0 Å². The van der Waals surface area contributed by atoms with Crippen molar-refractivity contribution in [3.8, 4) is 0 Å². The molecular weight excluding hydrogens is 240 g/mol. The maximum atomic E-state index is 9.56. The largest absolute Gasteiger partial charge is 0 e. The van der Waals surface area contributed by atoms with E-state index < -0.39 is 0 Å². The second-order valence-corrected chi connectivity index (χ2v) is 1.28.